The van der Waals surface area contributed by atoms with Crippen LogP contribution >= 0.6 is 0 Å². The first-order chi connectivity index (χ1) is 7.63. The second-order valence-corrected chi connectivity index (χ2v) is 4.31. The molecule has 1 aliphatic rings. The molecule has 1 unspecified atom stereocenters. The lowest BCUT2D eigenvalue weighted by Gasteiger charge is -2.27. The molecule has 1 aromatic carbocycles. The first-order valence-corrected chi connectivity index (χ1v) is 5.53. The Morgan fingerprint density at radius 3 is 2.94 bits per heavy atom. The molecule has 16 heavy (non-hydrogen) atoms. The van der Waals surface area contributed by atoms with E-state index in [-0.39, 0.29) is 6.10 Å². The van der Waals surface area contributed by atoms with Gasteiger partial charge in [0.15, 0.2) is 0 Å². The van der Waals surface area contributed by atoms with E-state index in [2.05, 4.69) is 6.92 Å². The topological polar surface area (TPSA) is 35.5 Å². The second kappa shape index (κ2) is 4.16. The summed E-state index contributed by atoms with van der Waals surface area (Å²) in [5.41, 5.74) is 3.22. The van der Waals surface area contributed by atoms with Crippen LogP contribution in [0.5, 0.6) is 11.5 Å². The fourth-order valence-electron chi connectivity index (χ4n) is 2.17. The number of carbonyl (C=O) groups excluding carboxylic acids is 1. The molecule has 2 rings (SSSR count). The molecule has 0 aromatic heterocycles. The molecule has 1 aliphatic heterocycles. The van der Waals surface area contributed by atoms with Crippen LogP contribution in [0.2, 0.25) is 0 Å². The van der Waals surface area contributed by atoms with Gasteiger partial charge in [-0.15, -0.1) is 0 Å². The lowest BCUT2D eigenvalue weighted by molar-refractivity contribution is -0.120. The Morgan fingerprint density at radius 2 is 2.25 bits per heavy atom. The molecule has 0 spiro atoms. The van der Waals surface area contributed by atoms with Crippen molar-refractivity contribution in [2.75, 3.05) is 0 Å². The molecule has 0 aliphatic carbocycles. The van der Waals surface area contributed by atoms with Gasteiger partial charge in [0.25, 0.3) is 6.47 Å². The highest BCUT2D eigenvalue weighted by atomic mass is 16.5. The Kier molecular flexibility index (Phi) is 2.86. The summed E-state index contributed by atoms with van der Waals surface area (Å²) < 4.78 is 10.8. The molecule has 0 bridgehead atoms. The van der Waals surface area contributed by atoms with Crippen LogP contribution in [0.4, 0.5) is 0 Å². The van der Waals surface area contributed by atoms with Gasteiger partial charge in [0, 0.05) is 5.56 Å². The Hall–Kier alpha value is -1.51. The van der Waals surface area contributed by atoms with Gasteiger partial charge in [0.2, 0.25) is 0 Å². The Balaban J connectivity index is 2.51. The number of hydrogen-bond donors (Lipinski definition) is 0. The minimum Gasteiger partial charge on any atom is -0.490 e. The number of hydrogen-bond acceptors (Lipinski definition) is 3. The number of rotatable bonds is 2. The molecule has 86 valence electrons. The molecular formula is C13H16O3. The van der Waals surface area contributed by atoms with Gasteiger partial charge in [0.1, 0.15) is 11.5 Å². The highest BCUT2D eigenvalue weighted by Crippen LogP contribution is 2.38. The lowest BCUT2D eigenvalue weighted by Crippen LogP contribution is -2.20. The summed E-state index contributed by atoms with van der Waals surface area (Å²) in [5, 5.41) is 0. The number of carbonyl (C=O) groups is 1. The van der Waals surface area contributed by atoms with Crippen molar-refractivity contribution < 1.29 is 14.3 Å². The molecule has 0 fully saturated rings. The first kappa shape index (κ1) is 11.0. The molecule has 0 saturated carbocycles. The van der Waals surface area contributed by atoms with Crippen LogP contribution in [0, 0.1) is 13.8 Å². The molecule has 1 aromatic rings. The third-order valence-electron chi connectivity index (χ3n) is 3.10. The third kappa shape index (κ3) is 1.77. The monoisotopic (exact) mass is 220 g/mol. The number of aryl methyl sites for hydroxylation is 1. The van der Waals surface area contributed by atoms with Gasteiger partial charge in [0.05, 0.1) is 6.10 Å². The van der Waals surface area contributed by atoms with Gasteiger partial charge in [-0.05, 0) is 50.8 Å². The van der Waals surface area contributed by atoms with Crippen molar-refractivity contribution in [3.63, 3.8) is 0 Å². The third-order valence-corrected chi connectivity index (χ3v) is 3.10. The first-order valence-electron chi connectivity index (χ1n) is 5.53. The summed E-state index contributed by atoms with van der Waals surface area (Å²) >= 11 is 0. The normalized spacial score (nSPS) is 18.6. The summed E-state index contributed by atoms with van der Waals surface area (Å²) in [4.78, 5) is 10.4. The van der Waals surface area contributed by atoms with Crippen LogP contribution in [-0.4, -0.2) is 12.6 Å². The number of ether oxygens (including phenoxy) is 2. The van der Waals surface area contributed by atoms with E-state index in [1.54, 1.807) is 0 Å². The quantitative estimate of drug-likeness (QED) is 0.718. The zero-order valence-electron chi connectivity index (χ0n) is 9.87. The maximum absolute atomic E-state index is 10.4. The predicted octanol–water partition coefficient (Wildman–Crippen LogP) is 2.55. The van der Waals surface area contributed by atoms with Gasteiger partial charge in [-0.25, -0.2) is 0 Å². The average Bonchev–Trinajstić information content (AvgIpc) is 2.26. The van der Waals surface area contributed by atoms with Gasteiger partial charge in [-0.1, -0.05) is 0 Å². The van der Waals surface area contributed by atoms with E-state index >= 15 is 0 Å². The SMILES string of the molecule is Cc1cc(OC=O)c(C)c2c1OC(C)CC2. The van der Waals surface area contributed by atoms with Crippen LogP contribution < -0.4 is 9.47 Å². The van der Waals surface area contributed by atoms with Crippen molar-refractivity contribution in [2.45, 2.75) is 39.7 Å². The van der Waals surface area contributed by atoms with Gasteiger partial charge >= 0.3 is 0 Å². The maximum Gasteiger partial charge on any atom is 0.298 e. The molecule has 1 atom stereocenters. The molecule has 0 N–H and O–H groups in total. The highest BCUT2D eigenvalue weighted by Gasteiger charge is 2.22. The Bertz CT molecular complexity index is 424. The van der Waals surface area contributed by atoms with E-state index in [1.165, 1.54) is 5.56 Å². The van der Waals surface area contributed by atoms with Crippen molar-refractivity contribution in [2.24, 2.45) is 0 Å². The van der Waals surface area contributed by atoms with Crippen LogP contribution in [0.15, 0.2) is 6.07 Å². The zero-order valence-corrected chi connectivity index (χ0v) is 9.87. The van der Waals surface area contributed by atoms with Crippen LogP contribution in [0.1, 0.15) is 30.0 Å². The largest absolute Gasteiger partial charge is 0.490 e. The van der Waals surface area contributed by atoms with E-state index in [4.69, 9.17) is 9.47 Å². The predicted molar refractivity (Wildman–Crippen MR) is 61.0 cm³/mol. The maximum atomic E-state index is 10.4. The van der Waals surface area contributed by atoms with Crippen molar-refractivity contribution in [1.29, 1.82) is 0 Å². The van der Waals surface area contributed by atoms with Crippen LogP contribution in [0.3, 0.4) is 0 Å². The standard InChI is InChI=1S/C13H16O3/c1-8-6-12(15-7-14)10(3)11-5-4-9(2)16-13(8)11/h6-7,9H,4-5H2,1-3H3. The van der Waals surface area contributed by atoms with Crippen LogP contribution in [0.25, 0.3) is 0 Å². The average molecular weight is 220 g/mol. The minimum absolute atomic E-state index is 0.267. The highest BCUT2D eigenvalue weighted by molar-refractivity contribution is 5.57. The van der Waals surface area contributed by atoms with E-state index in [9.17, 15) is 4.79 Å². The summed E-state index contributed by atoms with van der Waals surface area (Å²) in [6.45, 7) is 6.50. The van der Waals surface area contributed by atoms with E-state index in [1.807, 2.05) is 19.9 Å². The van der Waals surface area contributed by atoms with Crippen LogP contribution in [-0.2, 0) is 11.2 Å². The Labute approximate surface area is 95.4 Å². The zero-order chi connectivity index (χ0) is 11.7. The van der Waals surface area contributed by atoms with E-state index in [0.29, 0.717) is 12.2 Å². The number of fused-ring (bicyclic) bond motifs is 1. The molecule has 3 nitrogen and oxygen atoms in total. The summed E-state index contributed by atoms with van der Waals surface area (Å²) in [6.07, 6.45) is 2.26. The van der Waals surface area contributed by atoms with E-state index < -0.39 is 0 Å². The second-order valence-electron chi connectivity index (χ2n) is 4.31. The van der Waals surface area contributed by atoms with Crippen molar-refractivity contribution >= 4 is 6.47 Å². The molecule has 0 saturated heterocycles. The molecular weight excluding hydrogens is 204 g/mol. The molecule has 3 heteroatoms. The number of benzene rings is 1. The molecule has 1 heterocycles. The fraction of sp³-hybridized carbons (Fsp3) is 0.462. The molecule has 0 radical (unpaired) electrons. The summed E-state index contributed by atoms with van der Waals surface area (Å²) in [7, 11) is 0. The van der Waals surface area contributed by atoms with E-state index in [0.717, 1.165) is 29.7 Å². The smallest absolute Gasteiger partial charge is 0.298 e. The van der Waals surface area contributed by atoms with Gasteiger partial charge < -0.3 is 9.47 Å². The Morgan fingerprint density at radius 1 is 1.50 bits per heavy atom. The summed E-state index contributed by atoms with van der Waals surface area (Å²) in [5.74, 6) is 1.61. The van der Waals surface area contributed by atoms with Crippen molar-refractivity contribution in [3.05, 3.63) is 22.8 Å². The fourth-order valence-corrected chi connectivity index (χ4v) is 2.17. The lowest BCUT2D eigenvalue weighted by atomic mass is 9.95. The minimum atomic E-state index is 0.267. The van der Waals surface area contributed by atoms with Gasteiger partial charge in [-0.2, -0.15) is 0 Å². The van der Waals surface area contributed by atoms with Gasteiger partial charge in [-0.3, -0.25) is 4.79 Å². The van der Waals surface area contributed by atoms with Crippen molar-refractivity contribution in [1.82, 2.24) is 0 Å². The molecule has 0 amide bonds. The summed E-state index contributed by atoms with van der Waals surface area (Å²) in [6, 6.07) is 1.86. The van der Waals surface area contributed by atoms with Crippen molar-refractivity contribution in [3.8, 4) is 11.5 Å².